The molecule has 3 rings (SSSR count). The Kier molecular flexibility index (Phi) is 9.83. The quantitative estimate of drug-likeness (QED) is 0.391. The first-order chi connectivity index (χ1) is 18.4. The van der Waals surface area contributed by atoms with Gasteiger partial charge in [0.1, 0.15) is 29.2 Å². The van der Waals surface area contributed by atoms with Crippen molar-refractivity contribution < 1.29 is 29.3 Å². The monoisotopic (exact) mass is 539 g/mol. The number of phenolic OH excluding ortho intramolecular Hbond substituents is 2. The lowest BCUT2D eigenvalue weighted by Crippen LogP contribution is -2.53. The van der Waals surface area contributed by atoms with Crippen molar-refractivity contribution in [3.05, 3.63) is 59.2 Å². The van der Waals surface area contributed by atoms with Gasteiger partial charge in [0.15, 0.2) is 0 Å². The van der Waals surface area contributed by atoms with Crippen molar-refractivity contribution in [2.24, 2.45) is 0 Å². The van der Waals surface area contributed by atoms with Crippen LogP contribution in [0.2, 0.25) is 0 Å². The summed E-state index contributed by atoms with van der Waals surface area (Å²) >= 11 is 0. The van der Waals surface area contributed by atoms with E-state index in [4.69, 9.17) is 4.74 Å². The summed E-state index contributed by atoms with van der Waals surface area (Å²) in [6, 6.07) is 9.21. The van der Waals surface area contributed by atoms with E-state index in [-0.39, 0.29) is 29.9 Å². The lowest BCUT2D eigenvalue weighted by Gasteiger charge is -2.33. The van der Waals surface area contributed by atoms with Gasteiger partial charge >= 0.3 is 6.09 Å². The summed E-state index contributed by atoms with van der Waals surface area (Å²) in [7, 11) is 1.50. The number of likely N-dealkylation sites (N-methyl/N-ethyl adjacent to an activating group) is 1. The van der Waals surface area contributed by atoms with E-state index in [1.54, 1.807) is 58.0 Å². The van der Waals surface area contributed by atoms with Gasteiger partial charge in [0, 0.05) is 25.1 Å². The number of para-hydroxylation sites is 1. The summed E-state index contributed by atoms with van der Waals surface area (Å²) in [6.45, 7) is 6.90. The Labute approximate surface area is 230 Å². The fraction of sp³-hybridized carbons (Fsp3) is 0.500. The predicted molar refractivity (Wildman–Crippen MR) is 148 cm³/mol. The normalized spacial score (nSPS) is 15.6. The van der Waals surface area contributed by atoms with E-state index in [0.717, 1.165) is 32.1 Å². The Morgan fingerprint density at radius 2 is 1.67 bits per heavy atom. The first-order valence-corrected chi connectivity index (χ1v) is 13.5. The molecule has 0 aromatic heterocycles. The largest absolute Gasteiger partial charge is 0.508 e. The third kappa shape index (κ3) is 8.37. The van der Waals surface area contributed by atoms with Gasteiger partial charge < -0.3 is 30.5 Å². The van der Waals surface area contributed by atoms with Crippen molar-refractivity contribution >= 4 is 17.9 Å². The molecule has 9 nitrogen and oxygen atoms in total. The van der Waals surface area contributed by atoms with Crippen LogP contribution in [0.25, 0.3) is 0 Å². The third-order valence-electron chi connectivity index (χ3n) is 6.86. The molecule has 2 unspecified atom stereocenters. The van der Waals surface area contributed by atoms with E-state index in [2.05, 4.69) is 10.6 Å². The van der Waals surface area contributed by atoms with Gasteiger partial charge in [-0.3, -0.25) is 9.59 Å². The number of aryl methyl sites for hydroxylation is 1. The van der Waals surface area contributed by atoms with Crippen molar-refractivity contribution in [3.63, 3.8) is 0 Å². The van der Waals surface area contributed by atoms with Crippen molar-refractivity contribution in [2.75, 3.05) is 7.05 Å². The van der Waals surface area contributed by atoms with Crippen LogP contribution in [0.15, 0.2) is 42.5 Å². The smallest absolute Gasteiger partial charge is 0.408 e. The molecule has 1 saturated carbocycles. The minimum absolute atomic E-state index is 0.00288. The number of carbonyl (C=O) groups excluding carboxylic acids is 3. The highest BCUT2D eigenvalue weighted by molar-refractivity contribution is 5.92. The topological polar surface area (TPSA) is 128 Å². The second-order valence-corrected chi connectivity index (χ2v) is 11.3. The highest BCUT2D eigenvalue weighted by atomic mass is 16.6. The van der Waals surface area contributed by atoms with Gasteiger partial charge in [0.25, 0.3) is 0 Å². The molecule has 4 N–H and O–H groups in total. The van der Waals surface area contributed by atoms with Gasteiger partial charge in [-0.2, -0.15) is 0 Å². The van der Waals surface area contributed by atoms with Crippen LogP contribution in [0.5, 0.6) is 11.5 Å². The van der Waals surface area contributed by atoms with Crippen LogP contribution in [0.3, 0.4) is 0 Å². The fourth-order valence-corrected chi connectivity index (χ4v) is 4.85. The maximum absolute atomic E-state index is 14.0. The number of amides is 3. The van der Waals surface area contributed by atoms with Crippen LogP contribution in [0, 0.1) is 6.92 Å². The standard InChI is InChI=1S/C30H41N3O6/c1-19-10-9-13-23(26(19)35)25(27(36)31-21-11-7-6-8-12-21)33(5)28(37)24(32-29(38)39-30(2,3)4)18-20-14-16-22(34)17-15-20/h9-10,13-17,21,24-25,34-35H,6-8,11-12,18H2,1-5H3,(H,31,36)(H,32,38). The van der Waals surface area contributed by atoms with Gasteiger partial charge in [0.05, 0.1) is 0 Å². The summed E-state index contributed by atoms with van der Waals surface area (Å²) in [5.41, 5.74) is 0.797. The molecule has 2 aromatic rings. The van der Waals surface area contributed by atoms with Gasteiger partial charge in [-0.1, -0.05) is 49.6 Å². The van der Waals surface area contributed by atoms with E-state index < -0.39 is 29.7 Å². The van der Waals surface area contributed by atoms with E-state index in [1.807, 2.05) is 0 Å². The number of rotatable bonds is 8. The average Bonchev–Trinajstić information content (AvgIpc) is 2.86. The van der Waals surface area contributed by atoms with E-state index in [1.165, 1.54) is 24.1 Å². The van der Waals surface area contributed by atoms with Crippen LogP contribution in [0.4, 0.5) is 4.79 Å². The SMILES string of the molecule is Cc1cccc(C(C(=O)NC2CCCCC2)N(C)C(=O)C(Cc2ccc(O)cc2)NC(=O)OC(C)(C)C)c1O. The lowest BCUT2D eigenvalue weighted by atomic mass is 9.94. The highest BCUT2D eigenvalue weighted by Crippen LogP contribution is 2.32. The molecular weight excluding hydrogens is 498 g/mol. The number of nitrogens with one attached hydrogen (secondary N) is 2. The minimum Gasteiger partial charge on any atom is -0.508 e. The molecule has 0 spiro atoms. The molecule has 39 heavy (non-hydrogen) atoms. The van der Waals surface area contributed by atoms with Crippen LogP contribution in [0.1, 0.15) is 75.6 Å². The fourth-order valence-electron chi connectivity index (χ4n) is 4.85. The number of alkyl carbamates (subject to hydrolysis) is 1. The molecule has 1 aliphatic rings. The molecule has 0 radical (unpaired) electrons. The summed E-state index contributed by atoms with van der Waals surface area (Å²) in [4.78, 5) is 41.6. The summed E-state index contributed by atoms with van der Waals surface area (Å²) in [5.74, 6) is -0.901. The molecule has 1 aliphatic carbocycles. The number of phenols is 2. The lowest BCUT2D eigenvalue weighted by molar-refractivity contribution is -0.141. The first kappa shape index (κ1) is 29.8. The average molecular weight is 540 g/mol. The first-order valence-electron chi connectivity index (χ1n) is 13.5. The van der Waals surface area contributed by atoms with Gasteiger partial charge in [-0.25, -0.2) is 4.79 Å². The molecule has 0 heterocycles. The van der Waals surface area contributed by atoms with Crippen molar-refractivity contribution in [1.82, 2.24) is 15.5 Å². The van der Waals surface area contributed by atoms with Crippen molar-refractivity contribution in [3.8, 4) is 11.5 Å². The predicted octanol–water partition coefficient (Wildman–Crippen LogP) is 4.49. The van der Waals surface area contributed by atoms with Gasteiger partial charge in [-0.15, -0.1) is 0 Å². The Balaban J connectivity index is 1.94. The summed E-state index contributed by atoms with van der Waals surface area (Å²) < 4.78 is 5.40. The number of carbonyl (C=O) groups is 3. The number of hydrogen-bond acceptors (Lipinski definition) is 6. The second kappa shape index (κ2) is 12.9. The summed E-state index contributed by atoms with van der Waals surface area (Å²) in [5, 5.41) is 26.3. The summed E-state index contributed by atoms with van der Waals surface area (Å²) in [6.07, 6.45) is 4.22. The molecule has 1 fully saturated rings. The Morgan fingerprint density at radius 3 is 2.28 bits per heavy atom. The van der Waals surface area contributed by atoms with Gasteiger partial charge in [0.2, 0.25) is 11.8 Å². The molecule has 0 saturated heterocycles. The number of aromatic hydroxyl groups is 2. The molecule has 0 bridgehead atoms. The molecule has 3 amide bonds. The second-order valence-electron chi connectivity index (χ2n) is 11.3. The Morgan fingerprint density at radius 1 is 1.03 bits per heavy atom. The minimum atomic E-state index is -1.12. The third-order valence-corrected chi connectivity index (χ3v) is 6.86. The molecule has 212 valence electrons. The number of ether oxygens (including phenoxy) is 1. The maximum Gasteiger partial charge on any atom is 0.408 e. The molecule has 2 atom stereocenters. The van der Waals surface area contributed by atoms with Crippen LogP contribution in [-0.2, 0) is 20.7 Å². The molecule has 0 aliphatic heterocycles. The van der Waals surface area contributed by atoms with Crippen LogP contribution in [-0.4, -0.2) is 57.8 Å². The maximum atomic E-state index is 14.0. The van der Waals surface area contributed by atoms with Gasteiger partial charge in [-0.05, 0) is 63.8 Å². The number of benzene rings is 2. The zero-order chi connectivity index (χ0) is 28.7. The molecule has 2 aromatic carbocycles. The Hall–Kier alpha value is -3.75. The van der Waals surface area contributed by atoms with E-state index in [0.29, 0.717) is 16.7 Å². The van der Waals surface area contributed by atoms with E-state index >= 15 is 0 Å². The van der Waals surface area contributed by atoms with Crippen molar-refractivity contribution in [1.29, 1.82) is 0 Å². The van der Waals surface area contributed by atoms with Crippen molar-refractivity contribution in [2.45, 2.75) is 89.9 Å². The van der Waals surface area contributed by atoms with Crippen LogP contribution >= 0.6 is 0 Å². The Bertz CT molecular complexity index is 1150. The zero-order valence-electron chi connectivity index (χ0n) is 23.5. The number of hydrogen-bond donors (Lipinski definition) is 4. The number of nitrogens with zero attached hydrogens (tertiary/aromatic N) is 1. The highest BCUT2D eigenvalue weighted by Gasteiger charge is 2.36. The molecular formula is C30H41N3O6. The van der Waals surface area contributed by atoms with Crippen LogP contribution < -0.4 is 10.6 Å². The molecule has 9 heteroatoms. The van der Waals surface area contributed by atoms with E-state index in [9.17, 15) is 24.6 Å². The zero-order valence-corrected chi connectivity index (χ0v) is 23.5.